The molecule has 0 atom stereocenters. The van der Waals surface area contributed by atoms with Crippen LogP contribution in [0.5, 0.6) is 0 Å². The predicted octanol–water partition coefficient (Wildman–Crippen LogP) is 1.76. The van der Waals surface area contributed by atoms with Gasteiger partial charge in [-0.1, -0.05) is 19.1 Å². The summed E-state index contributed by atoms with van der Waals surface area (Å²) in [4.78, 5) is 13.4. The van der Waals surface area contributed by atoms with Gasteiger partial charge >= 0.3 is 0 Å². The minimum absolute atomic E-state index is 0.0548. The Hall–Kier alpha value is -2.08. The van der Waals surface area contributed by atoms with Gasteiger partial charge < -0.3 is 4.98 Å². The van der Waals surface area contributed by atoms with E-state index >= 15 is 0 Å². The van der Waals surface area contributed by atoms with Gasteiger partial charge in [-0.25, -0.2) is 8.42 Å². The van der Waals surface area contributed by atoms with Gasteiger partial charge in [-0.05, 0) is 30.2 Å². The maximum Gasteiger partial charge on any atom is 0.265 e. The summed E-state index contributed by atoms with van der Waals surface area (Å²) in [6.07, 6.45) is 2.10. The third kappa shape index (κ3) is 2.75. The van der Waals surface area contributed by atoms with Crippen LogP contribution in [-0.4, -0.2) is 20.4 Å². The molecule has 2 aromatic rings. The third-order valence-corrected chi connectivity index (χ3v) is 4.90. The fourth-order valence-corrected chi connectivity index (χ4v) is 2.96. The second-order valence-electron chi connectivity index (χ2n) is 4.38. The number of aromatic amines is 1. The molecule has 0 radical (unpaired) electrons. The van der Waals surface area contributed by atoms with Gasteiger partial charge in [0.1, 0.15) is 4.90 Å². The van der Waals surface area contributed by atoms with Crippen LogP contribution in [0, 0.1) is 0 Å². The lowest BCUT2D eigenvalue weighted by atomic mass is 10.1. The maximum atomic E-state index is 12.4. The molecule has 5 nitrogen and oxygen atoms in total. The van der Waals surface area contributed by atoms with Crippen LogP contribution in [0.25, 0.3) is 0 Å². The molecule has 0 unspecified atom stereocenters. The Bertz CT molecular complexity index is 728. The Labute approximate surface area is 117 Å². The van der Waals surface area contributed by atoms with E-state index in [9.17, 15) is 13.2 Å². The van der Waals surface area contributed by atoms with Gasteiger partial charge in [-0.15, -0.1) is 0 Å². The topological polar surface area (TPSA) is 70.2 Å². The van der Waals surface area contributed by atoms with E-state index in [4.69, 9.17) is 0 Å². The summed E-state index contributed by atoms with van der Waals surface area (Å²) in [7, 11) is -2.18. The first-order chi connectivity index (χ1) is 9.45. The molecular weight excluding hydrogens is 276 g/mol. The number of H-pyrrole nitrogens is 1. The van der Waals surface area contributed by atoms with Crippen molar-refractivity contribution in [1.82, 2.24) is 4.98 Å². The molecule has 6 heteroatoms. The Morgan fingerprint density at radius 2 is 1.75 bits per heavy atom. The lowest BCUT2D eigenvalue weighted by Crippen LogP contribution is -2.27. The number of nitrogens with zero attached hydrogens (tertiary/aromatic N) is 1. The monoisotopic (exact) mass is 292 g/mol. The van der Waals surface area contributed by atoms with Gasteiger partial charge in [0, 0.05) is 19.3 Å². The van der Waals surface area contributed by atoms with Gasteiger partial charge in [0.2, 0.25) is 5.56 Å². The zero-order valence-corrected chi connectivity index (χ0v) is 12.1. The molecule has 20 heavy (non-hydrogen) atoms. The van der Waals surface area contributed by atoms with Gasteiger partial charge in [0.25, 0.3) is 10.0 Å². The molecule has 1 aromatic carbocycles. The summed E-state index contributed by atoms with van der Waals surface area (Å²) >= 11 is 0. The average Bonchev–Trinajstić information content (AvgIpc) is 2.47. The van der Waals surface area contributed by atoms with Gasteiger partial charge in [0.05, 0.1) is 5.69 Å². The van der Waals surface area contributed by atoms with Crippen LogP contribution in [0.4, 0.5) is 5.69 Å². The molecule has 1 N–H and O–H groups in total. The zero-order chi connectivity index (χ0) is 14.8. The maximum absolute atomic E-state index is 12.4. The van der Waals surface area contributed by atoms with Crippen LogP contribution in [-0.2, 0) is 16.4 Å². The fraction of sp³-hybridized carbons (Fsp3) is 0.214. The first-order valence-corrected chi connectivity index (χ1v) is 7.66. The Morgan fingerprint density at radius 1 is 1.10 bits per heavy atom. The number of aryl methyl sites for hydroxylation is 1. The Balaban J connectivity index is 2.37. The molecule has 106 valence electrons. The number of rotatable bonds is 4. The second-order valence-corrected chi connectivity index (χ2v) is 6.35. The van der Waals surface area contributed by atoms with Crippen molar-refractivity contribution in [3.63, 3.8) is 0 Å². The smallest absolute Gasteiger partial charge is 0.265 e. The van der Waals surface area contributed by atoms with Gasteiger partial charge in [-0.2, -0.15) is 0 Å². The highest BCUT2D eigenvalue weighted by molar-refractivity contribution is 7.92. The molecule has 0 amide bonds. The van der Waals surface area contributed by atoms with Gasteiger partial charge in [0.15, 0.2) is 0 Å². The van der Waals surface area contributed by atoms with E-state index < -0.39 is 10.0 Å². The van der Waals surface area contributed by atoms with E-state index in [0.29, 0.717) is 5.69 Å². The standard InChI is InChI=1S/C14H16N2O3S/c1-3-11-4-6-12(7-5-11)16(2)20(18,19)13-8-9-14(17)15-10-13/h4-10H,3H2,1-2H3,(H,15,17). The zero-order valence-electron chi connectivity index (χ0n) is 11.3. The van der Waals surface area contributed by atoms with Crippen LogP contribution in [0.15, 0.2) is 52.3 Å². The summed E-state index contributed by atoms with van der Waals surface area (Å²) in [5.41, 5.74) is 1.39. The van der Waals surface area contributed by atoms with Crippen molar-refractivity contribution >= 4 is 15.7 Å². The van der Waals surface area contributed by atoms with Crippen molar-refractivity contribution in [2.75, 3.05) is 11.4 Å². The van der Waals surface area contributed by atoms with Crippen LogP contribution in [0.1, 0.15) is 12.5 Å². The number of pyridine rings is 1. The predicted molar refractivity (Wildman–Crippen MR) is 78.5 cm³/mol. The van der Waals surface area contributed by atoms with Crippen LogP contribution in [0.3, 0.4) is 0 Å². The normalized spacial score (nSPS) is 11.3. The third-order valence-electron chi connectivity index (χ3n) is 3.12. The summed E-state index contributed by atoms with van der Waals surface area (Å²) < 4.78 is 26.0. The SMILES string of the molecule is CCc1ccc(N(C)S(=O)(=O)c2ccc(=O)[nH]c2)cc1. The van der Waals surface area contributed by atoms with Crippen molar-refractivity contribution in [3.05, 3.63) is 58.5 Å². The summed E-state index contributed by atoms with van der Waals surface area (Å²) in [6, 6.07) is 9.82. The minimum Gasteiger partial charge on any atom is -0.328 e. The molecule has 0 fully saturated rings. The Morgan fingerprint density at radius 3 is 2.25 bits per heavy atom. The van der Waals surface area contributed by atoms with Crippen molar-refractivity contribution in [2.24, 2.45) is 0 Å². The van der Waals surface area contributed by atoms with Crippen LogP contribution < -0.4 is 9.86 Å². The number of hydrogen-bond donors (Lipinski definition) is 1. The minimum atomic E-state index is -3.67. The molecule has 0 spiro atoms. The van der Waals surface area contributed by atoms with Crippen molar-refractivity contribution < 1.29 is 8.42 Å². The van der Waals surface area contributed by atoms with E-state index in [0.717, 1.165) is 12.0 Å². The lowest BCUT2D eigenvalue weighted by molar-refractivity contribution is 0.594. The van der Waals surface area contributed by atoms with E-state index in [1.165, 1.54) is 29.7 Å². The molecule has 0 saturated heterocycles. The number of hydrogen-bond acceptors (Lipinski definition) is 3. The molecule has 0 bridgehead atoms. The van der Waals surface area contributed by atoms with E-state index in [1.54, 1.807) is 12.1 Å². The molecule has 0 aliphatic rings. The number of anilines is 1. The molecular formula is C14H16N2O3S. The summed E-state index contributed by atoms with van der Waals surface area (Å²) in [5, 5.41) is 0. The Kier molecular flexibility index (Phi) is 3.94. The fourth-order valence-electron chi connectivity index (χ4n) is 1.80. The average molecular weight is 292 g/mol. The van der Waals surface area contributed by atoms with Crippen molar-refractivity contribution in [1.29, 1.82) is 0 Å². The van der Waals surface area contributed by atoms with Gasteiger partial charge in [-0.3, -0.25) is 9.10 Å². The number of nitrogens with one attached hydrogen (secondary N) is 1. The van der Waals surface area contributed by atoms with Crippen LogP contribution in [0.2, 0.25) is 0 Å². The summed E-state index contributed by atoms with van der Waals surface area (Å²) in [5.74, 6) is 0. The highest BCUT2D eigenvalue weighted by atomic mass is 32.2. The highest BCUT2D eigenvalue weighted by Crippen LogP contribution is 2.21. The number of aromatic nitrogens is 1. The van der Waals surface area contributed by atoms with E-state index in [-0.39, 0.29) is 10.5 Å². The molecule has 0 saturated carbocycles. The molecule has 0 aliphatic heterocycles. The quantitative estimate of drug-likeness (QED) is 0.933. The van der Waals surface area contributed by atoms with Crippen molar-refractivity contribution in [3.8, 4) is 0 Å². The molecule has 2 rings (SSSR count). The van der Waals surface area contributed by atoms with Crippen LogP contribution >= 0.6 is 0 Å². The summed E-state index contributed by atoms with van der Waals surface area (Å²) in [6.45, 7) is 2.04. The number of sulfonamides is 1. The largest absolute Gasteiger partial charge is 0.328 e. The first-order valence-electron chi connectivity index (χ1n) is 6.22. The number of benzene rings is 1. The molecule has 1 aromatic heterocycles. The molecule has 1 heterocycles. The first kappa shape index (κ1) is 14.3. The lowest BCUT2D eigenvalue weighted by Gasteiger charge is -2.19. The van der Waals surface area contributed by atoms with E-state index in [2.05, 4.69) is 4.98 Å². The highest BCUT2D eigenvalue weighted by Gasteiger charge is 2.21. The molecule has 0 aliphatic carbocycles. The second kappa shape index (κ2) is 5.50. The van der Waals surface area contributed by atoms with Crippen molar-refractivity contribution in [2.45, 2.75) is 18.2 Å². The van der Waals surface area contributed by atoms with E-state index in [1.807, 2.05) is 19.1 Å².